The van der Waals surface area contributed by atoms with Crippen LogP contribution in [0.3, 0.4) is 0 Å². The Morgan fingerprint density at radius 2 is 1.90 bits per heavy atom. The summed E-state index contributed by atoms with van der Waals surface area (Å²) in [6.45, 7) is 3.59. The van der Waals surface area contributed by atoms with E-state index in [0.717, 1.165) is 11.3 Å². The molecule has 1 heterocycles. The molecule has 0 saturated heterocycles. The highest BCUT2D eigenvalue weighted by atomic mass is 32.2. The molecule has 1 aromatic rings. The molecule has 0 radical (unpaired) electrons. The Labute approximate surface area is 245 Å². The number of ketones is 2. The number of hydrogen-bond donors (Lipinski definition) is 5. The quantitative estimate of drug-likeness (QED) is 0.280. The van der Waals surface area contributed by atoms with E-state index in [1.807, 2.05) is 0 Å². The molecule has 16 heteroatoms. The molecule has 42 heavy (non-hydrogen) atoms. The van der Waals surface area contributed by atoms with Crippen LogP contribution in [-0.2, 0) is 31.5 Å². The lowest BCUT2D eigenvalue weighted by molar-refractivity contribution is -0.222. The predicted molar refractivity (Wildman–Crippen MR) is 145 cm³/mol. The van der Waals surface area contributed by atoms with Gasteiger partial charge in [-0.3, -0.25) is 14.4 Å². The first-order chi connectivity index (χ1) is 19.3. The predicted octanol–water partition coefficient (Wildman–Crippen LogP) is -0.803. The maximum Gasteiger partial charge on any atom is 0.267 e. The van der Waals surface area contributed by atoms with Crippen LogP contribution in [0.1, 0.15) is 46.5 Å². The van der Waals surface area contributed by atoms with Crippen LogP contribution in [0.2, 0.25) is 0 Å². The summed E-state index contributed by atoms with van der Waals surface area (Å²) in [4.78, 5) is 38.6. The van der Waals surface area contributed by atoms with E-state index in [4.69, 9.17) is 5.14 Å². The van der Waals surface area contributed by atoms with Gasteiger partial charge in [0.2, 0.25) is 15.0 Å². The lowest BCUT2D eigenvalue weighted by Crippen LogP contribution is -2.69. The number of amides is 1. The third kappa shape index (κ3) is 4.67. The molecule has 0 aromatic carbocycles. The van der Waals surface area contributed by atoms with Crippen molar-refractivity contribution in [1.29, 1.82) is 0 Å². The third-order valence-electron chi connectivity index (χ3n) is 9.61. The number of Topliss-reactive ketones (excluding diaryl/α,β-unsaturated/α-hetero) is 1. The summed E-state index contributed by atoms with van der Waals surface area (Å²) < 4.78 is 39.4. The molecule has 3 saturated carbocycles. The summed E-state index contributed by atoms with van der Waals surface area (Å²) in [6.07, 6.45) is 1.93. The molecule has 4 aliphatic carbocycles. The van der Waals surface area contributed by atoms with Crippen LogP contribution in [0.25, 0.3) is 0 Å². The fraction of sp³-hybridized carbons (Fsp3) is 0.654. The molecule has 0 bridgehead atoms. The van der Waals surface area contributed by atoms with Crippen molar-refractivity contribution in [2.75, 3.05) is 6.61 Å². The number of carbonyl (C=O) groups is 3. The number of sulfonamides is 1. The van der Waals surface area contributed by atoms with Crippen LogP contribution in [0.5, 0.6) is 0 Å². The number of alkyl halides is 1. The topological polar surface area (TPSA) is 222 Å². The molecule has 1 aromatic heterocycles. The molecule has 8 atom stereocenters. The number of carbonyl (C=O) groups excluding carboxylic acids is 3. The number of rotatable bonds is 3. The molecular formula is C26H35FN4O9S2. The van der Waals surface area contributed by atoms with E-state index in [0.29, 0.717) is 18.4 Å². The fourth-order valence-electron chi connectivity index (χ4n) is 7.52. The highest BCUT2D eigenvalue weighted by Gasteiger charge is 2.76. The van der Waals surface area contributed by atoms with Crippen LogP contribution >= 0.6 is 11.3 Å². The van der Waals surface area contributed by atoms with Crippen LogP contribution in [0.15, 0.2) is 33.1 Å². The van der Waals surface area contributed by atoms with E-state index in [9.17, 15) is 43.2 Å². The van der Waals surface area contributed by atoms with E-state index < -0.39 is 74.5 Å². The number of nitrogens with zero attached hydrogens (tertiary/aromatic N) is 3. The smallest absolute Gasteiger partial charge is 0.267 e. The molecule has 5 rings (SSSR count). The normalized spacial score (nSPS) is 39.4. The van der Waals surface area contributed by atoms with Crippen molar-refractivity contribution in [3.8, 4) is 0 Å². The average Bonchev–Trinajstić information content (AvgIpc) is 3.35. The zero-order chi connectivity index (χ0) is 31.6. The number of aliphatic hydroxyl groups is 4. The minimum absolute atomic E-state index is 0.0135. The van der Waals surface area contributed by atoms with Gasteiger partial charge in [0.1, 0.15) is 6.61 Å². The highest BCUT2D eigenvalue weighted by Crippen LogP contribution is 2.69. The van der Waals surface area contributed by atoms with Crippen molar-refractivity contribution < 1.29 is 47.6 Å². The molecule has 13 nitrogen and oxygen atoms in total. The van der Waals surface area contributed by atoms with Gasteiger partial charge in [0, 0.05) is 30.7 Å². The second kappa shape index (κ2) is 10.6. The first-order valence-corrected chi connectivity index (χ1v) is 15.6. The van der Waals surface area contributed by atoms with Crippen LogP contribution < -0.4 is 9.94 Å². The Morgan fingerprint density at radius 3 is 2.45 bits per heavy atom. The summed E-state index contributed by atoms with van der Waals surface area (Å²) in [5.74, 6) is -2.80. The Kier molecular flexibility index (Phi) is 8.19. The summed E-state index contributed by atoms with van der Waals surface area (Å²) in [6, 6.07) is 0. The molecule has 4 aliphatic rings. The van der Waals surface area contributed by atoms with Crippen LogP contribution in [-0.4, -0.2) is 86.2 Å². The second-order valence-electron chi connectivity index (χ2n) is 11.8. The number of aromatic nitrogens is 2. The van der Waals surface area contributed by atoms with Gasteiger partial charge in [0.05, 0.1) is 12.2 Å². The molecule has 6 N–H and O–H groups in total. The third-order valence-corrected chi connectivity index (χ3v) is 11.9. The van der Waals surface area contributed by atoms with Crippen LogP contribution in [0, 0.1) is 22.7 Å². The zero-order valence-corrected chi connectivity index (χ0v) is 25.2. The van der Waals surface area contributed by atoms with E-state index in [1.54, 1.807) is 13.8 Å². The van der Waals surface area contributed by atoms with Gasteiger partial charge in [0.15, 0.2) is 22.8 Å². The van der Waals surface area contributed by atoms with Crippen molar-refractivity contribution in [2.45, 2.75) is 74.3 Å². The Morgan fingerprint density at radius 1 is 1.26 bits per heavy atom. The van der Waals surface area contributed by atoms with Gasteiger partial charge in [-0.2, -0.15) is 4.99 Å². The second-order valence-corrected chi connectivity index (χ2v) is 14.5. The number of primary sulfonamides is 1. The van der Waals surface area contributed by atoms with Crippen molar-refractivity contribution in [3.05, 3.63) is 28.6 Å². The summed E-state index contributed by atoms with van der Waals surface area (Å²) in [5, 5.41) is 50.6. The maximum absolute atomic E-state index is 16.8. The number of nitrogens with two attached hydrogens (primary N) is 1. The van der Waals surface area contributed by atoms with Crippen LogP contribution in [0.4, 0.5) is 4.39 Å². The van der Waals surface area contributed by atoms with Gasteiger partial charge in [-0.05, 0) is 50.7 Å². The number of fused-ring (bicyclic) bond motifs is 5. The Bertz CT molecular complexity index is 1570. The minimum Gasteiger partial charge on any atom is -0.390 e. The molecular weight excluding hydrogens is 595 g/mol. The van der Waals surface area contributed by atoms with Crippen molar-refractivity contribution in [3.63, 3.8) is 0 Å². The van der Waals surface area contributed by atoms with Gasteiger partial charge >= 0.3 is 0 Å². The van der Waals surface area contributed by atoms with Gasteiger partial charge in [-0.15, -0.1) is 5.10 Å². The van der Waals surface area contributed by atoms with Gasteiger partial charge in [-0.1, -0.05) is 29.9 Å². The first-order valence-electron chi connectivity index (χ1n) is 13.3. The monoisotopic (exact) mass is 630 g/mol. The molecule has 3 fully saturated rings. The van der Waals surface area contributed by atoms with E-state index >= 15 is 4.39 Å². The average molecular weight is 631 g/mol. The summed E-state index contributed by atoms with van der Waals surface area (Å²) in [7, 11) is -2.35. The minimum atomic E-state index is -3.83. The standard InChI is InChI=1S/C21H27FO6.C5H8N4O3S2/c1-18-6-5-12(24)7-11(18)3-4-13-14-8-15(25)21(28,17(27)10-23)19(14,2)9-16(26)20(13,18)22;1-3(10)7-4-9(2)8-5(13-4)14(6,11)12/h5-7,13-16,23,25-26,28H,3-4,8-10H2,1-2H3;1-2H3,(H2,6,11,12)/t13-,14-,15+,16-,18-,19-,20-,21-;/m0./s1. The van der Waals surface area contributed by atoms with E-state index in [1.165, 1.54) is 36.9 Å². The van der Waals surface area contributed by atoms with Crippen molar-refractivity contribution >= 4 is 38.8 Å². The summed E-state index contributed by atoms with van der Waals surface area (Å²) >= 11 is 0.746. The highest BCUT2D eigenvalue weighted by molar-refractivity contribution is 7.91. The largest absolute Gasteiger partial charge is 0.390 e. The van der Waals surface area contributed by atoms with Crippen molar-refractivity contribution in [1.82, 2.24) is 9.78 Å². The summed E-state index contributed by atoms with van der Waals surface area (Å²) in [5.41, 5.74) is -6.12. The number of halogens is 1. The van der Waals surface area contributed by atoms with Gasteiger partial charge < -0.3 is 20.4 Å². The van der Waals surface area contributed by atoms with E-state index in [-0.39, 0.29) is 27.8 Å². The molecule has 0 unspecified atom stereocenters. The molecule has 0 aliphatic heterocycles. The SMILES string of the molecule is CC(=O)N=c1sc(S(N)(=O)=O)nn1C.C[C@]12C=CC(=O)C=C1CC[C@H]1[C@@H]3C[C@@H](O)[C@](O)(C(=O)CO)[C@@]3(C)C[C@H](O)[C@@]12F. The fourth-order valence-corrected chi connectivity index (χ4v) is 9.12. The molecule has 1 amide bonds. The number of hydrogen-bond acceptors (Lipinski definition) is 11. The van der Waals surface area contributed by atoms with E-state index in [2.05, 4.69) is 10.1 Å². The number of aryl methyl sites for hydroxylation is 1. The van der Waals surface area contributed by atoms with Crippen molar-refractivity contribution in [2.24, 2.45) is 39.8 Å². The molecule has 232 valence electrons. The maximum atomic E-state index is 16.8. The Hall–Kier alpha value is -2.47. The lowest BCUT2D eigenvalue weighted by Gasteiger charge is -2.62. The molecule has 0 spiro atoms. The van der Waals surface area contributed by atoms with Gasteiger partial charge in [-0.25, -0.2) is 22.6 Å². The lowest BCUT2D eigenvalue weighted by atomic mass is 9.44. The van der Waals surface area contributed by atoms with Gasteiger partial charge in [0.25, 0.3) is 10.0 Å². The zero-order valence-electron chi connectivity index (χ0n) is 23.5. The number of aliphatic hydroxyl groups excluding tert-OH is 3. The Balaban J connectivity index is 0.000000244. The number of allylic oxidation sites excluding steroid dienone is 4. The first kappa shape index (κ1) is 32.4.